The first-order chi connectivity index (χ1) is 11.0. The van der Waals surface area contributed by atoms with E-state index in [1.54, 1.807) is 32.0 Å². The van der Waals surface area contributed by atoms with Crippen molar-refractivity contribution in [2.24, 2.45) is 5.73 Å². The highest BCUT2D eigenvalue weighted by Crippen LogP contribution is 2.27. The van der Waals surface area contributed by atoms with Gasteiger partial charge in [0.15, 0.2) is 9.84 Å². The van der Waals surface area contributed by atoms with Gasteiger partial charge in [-0.05, 0) is 44.5 Å². The fourth-order valence-corrected chi connectivity index (χ4v) is 2.77. The molecule has 1 aromatic carbocycles. The molecule has 7 nitrogen and oxygen atoms in total. The van der Waals surface area contributed by atoms with Gasteiger partial charge in [0.25, 0.3) is 0 Å². The molecule has 1 aromatic rings. The molecule has 0 heterocycles. The quantitative estimate of drug-likeness (QED) is 0.314. The lowest BCUT2D eigenvalue weighted by molar-refractivity contribution is 0.248. The predicted octanol–water partition coefficient (Wildman–Crippen LogP) is 1.75. The second kappa shape index (κ2) is 8.59. The second-order valence-corrected chi connectivity index (χ2v) is 9.29. The van der Waals surface area contributed by atoms with Crippen molar-refractivity contribution in [3.8, 4) is 5.75 Å². The highest BCUT2D eigenvalue weighted by Gasteiger charge is 2.17. The molecule has 0 saturated carbocycles. The summed E-state index contributed by atoms with van der Waals surface area (Å²) >= 11 is 4.23. The van der Waals surface area contributed by atoms with E-state index in [2.05, 4.69) is 23.3 Å². The normalized spacial score (nSPS) is 11.9. The third-order valence-corrected chi connectivity index (χ3v) is 3.72. The van der Waals surface area contributed by atoms with E-state index in [-0.39, 0.29) is 5.75 Å². The fraction of sp³-hybridized carbons (Fsp3) is 0.533. The van der Waals surface area contributed by atoms with Crippen LogP contribution in [0, 0.1) is 0 Å². The topological polar surface area (TPSA) is 111 Å². The molecule has 0 aliphatic heterocycles. The molecule has 2 amide bonds. The minimum absolute atomic E-state index is 0.101. The summed E-state index contributed by atoms with van der Waals surface area (Å²) in [5, 5.41) is 5.34. The summed E-state index contributed by atoms with van der Waals surface area (Å²) < 4.78 is 28.5. The van der Waals surface area contributed by atoms with Gasteiger partial charge < -0.3 is 21.1 Å². The number of hydrogen-bond acceptors (Lipinski definition) is 6. The van der Waals surface area contributed by atoms with Gasteiger partial charge in [-0.1, -0.05) is 6.07 Å². The summed E-state index contributed by atoms with van der Waals surface area (Å²) in [4.78, 5) is 11.3. The van der Waals surface area contributed by atoms with Gasteiger partial charge in [-0.3, -0.25) is 0 Å². The summed E-state index contributed by atoms with van der Waals surface area (Å²) in [7, 11) is -3.16. The summed E-state index contributed by atoms with van der Waals surface area (Å²) in [5.74, 6) is 0.299. The van der Waals surface area contributed by atoms with E-state index in [0.717, 1.165) is 6.26 Å². The number of carbonyl (C=O) groups is 1. The SMILES string of the molecule is CC(C)(S)NC(=O)Nc1ccc(CS(C)(=O)=O)cc1OCCCN. The lowest BCUT2D eigenvalue weighted by atomic mass is 10.2. The zero-order valence-corrected chi connectivity index (χ0v) is 15.8. The van der Waals surface area contributed by atoms with Crippen molar-refractivity contribution in [2.45, 2.75) is 30.9 Å². The summed E-state index contributed by atoms with van der Waals surface area (Å²) in [5.41, 5.74) is 6.47. The molecule has 24 heavy (non-hydrogen) atoms. The number of amides is 2. The zero-order valence-electron chi connectivity index (χ0n) is 14.1. The average Bonchev–Trinajstić information content (AvgIpc) is 2.38. The van der Waals surface area contributed by atoms with Crippen LogP contribution in [0.3, 0.4) is 0 Å². The molecule has 0 spiro atoms. The van der Waals surface area contributed by atoms with Crippen LogP contribution in [0.2, 0.25) is 0 Å². The number of thiol groups is 1. The number of hydrogen-bond donors (Lipinski definition) is 4. The van der Waals surface area contributed by atoms with Crippen molar-refractivity contribution in [2.75, 3.05) is 24.7 Å². The molecule has 0 saturated heterocycles. The van der Waals surface area contributed by atoms with Gasteiger partial charge in [0.2, 0.25) is 0 Å². The van der Waals surface area contributed by atoms with E-state index in [0.29, 0.717) is 36.6 Å². The molecule has 1 rings (SSSR count). The number of nitrogens with two attached hydrogens (primary N) is 1. The minimum Gasteiger partial charge on any atom is -0.491 e. The van der Waals surface area contributed by atoms with Gasteiger partial charge in [0, 0.05) is 6.26 Å². The van der Waals surface area contributed by atoms with Crippen LogP contribution in [-0.4, -0.2) is 38.7 Å². The van der Waals surface area contributed by atoms with E-state index in [1.807, 2.05) is 0 Å². The van der Waals surface area contributed by atoms with Crippen LogP contribution < -0.4 is 21.1 Å². The summed E-state index contributed by atoms with van der Waals surface area (Å²) in [6, 6.07) is 4.43. The Morgan fingerprint density at radius 2 is 2.04 bits per heavy atom. The van der Waals surface area contributed by atoms with Crippen LogP contribution in [-0.2, 0) is 15.6 Å². The number of rotatable bonds is 8. The third kappa shape index (κ3) is 8.42. The fourth-order valence-electron chi connectivity index (χ4n) is 1.88. The van der Waals surface area contributed by atoms with Gasteiger partial charge in [-0.15, -0.1) is 0 Å². The Bertz CT molecular complexity index is 670. The first-order valence-electron chi connectivity index (χ1n) is 7.45. The van der Waals surface area contributed by atoms with Crippen molar-refractivity contribution < 1.29 is 17.9 Å². The Balaban J connectivity index is 2.97. The smallest absolute Gasteiger partial charge is 0.320 e. The van der Waals surface area contributed by atoms with Crippen molar-refractivity contribution in [1.82, 2.24) is 5.32 Å². The van der Waals surface area contributed by atoms with Crippen LogP contribution in [0.25, 0.3) is 0 Å². The molecule has 136 valence electrons. The Morgan fingerprint density at radius 1 is 1.38 bits per heavy atom. The number of carbonyl (C=O) groups excluding carboxylic acids is 1. The summed E-state index contributed by atoms with van der Waals surface area (Å²) in [6.07, 6.45) is 1.81. The zero-order chi connectivity index (χ0) is 18.4. The first kappa shape index (κ1) is 20.6. The minimum atomic E-state index is -3.16. The molecule has 0 fully saturated rings. The molecular weight excluding hydrogens is 350 g/mol. The van der Waals surface area contributed by atoms with E-state index in [9.17, 15) is 13.2 Å². The van der Waals surface area contributed by atoms with Gasteiger partial charge in [0.1, 0.15) is 5.75 Å². The molecule has 0 radical (unpaired) electrons. The molecule has 0 unspecified atom stereocenters. The van der Waals surface area contributed by atoms with Gasteiger partial charge in [0.05, 0.1) is 22.9 Å². The van der Waals surface area contributed by atoms with Crippen LogP contribution in [0.5, 0.6) is 5.75 Å². The van der Waals surface area contributed by atoms with Gasteiger partial charge in [-0.2, -0.15) is 12.6 Å². The second-order valence-electron chi connectivity index (χ2n) is 6.03. The van der Waals surface area contributed by atoms with E-state index < -0.39 is 20.7 Å². The lowest BCUT2D eigenvalue weighted by Gasteiger charge is -2.21. The molecule has 9 heteroatoms. The average molecular weight is 376 g/mol. The van der Waals surface area contributed by atoms with E-state index >= 15 is 0 Å². The number of benzene rings is 1. The van der Waals surface area contributed by atoms with Crippen molar-refractivity contribution in [3.63, 3.8) is 0 Å². The largest absolute Gasteiger partial charge is 0.491 e. The predicted molar refractivity (Wildman–Crippen MR) is 99.4 cm³/mol. The maximum atomic E-state index is 12.0. The molecule has 4 N–H and O–H groups in total. The Kier molecular flexibility index (Phi) is 7.37. The molecule has 0 atom stereocenters. The highest BCUT2D eigenvalue weighted by molar-refractivity contribution is 7.89. The number of urea groups is 1. The standard InChI is InChI=1S/C15H25N3O4S2/c1-15(2,23)18-14(19)17-12-6-5-11(10-24(3,20)21)9-13(12)22-8-4-7-16/h5-6,9,23H,4,7-8,10,16H2,1-3H3,(H2,17,18,19). The first-order valence-corrected chi connectivity index (χ1v) is 9.96. The molecule has 0 aromatic heterocycles. The number of anilines is 1. The Hall–Kier alpha value is -1.45. The monoisotopic (exact) mass is 375 g/mol. The van der Waals surface area contributed by atoms with Crippen LogP contribution >= 0.6 is 12.6 Å². The molecule has 0 aliphatic rings. The van der Waals surface area contributed by atoms with Crippen molar-refractivity contribution >= 4 is 34.2 Å². The number of nitrogens with one attached hydrogen (secondary N) is 2. The highest BCUT2D eigenvalue weighted by atomic mass is 32.2. The van der Waals surface area contributed by atoms with Crippen LogP contribution in [0.15, 0.2) is 18.2 Å². The maximum Gasteiger partial charge on any atom is 0.320 e. The summed E-state index contributed by atoms with van der Waals surface area (Å²) in [6.45, 7) is 4.32. The number of sulfone groups is 1. The van der Waals surface area contributed by atoms with E-state index in [1.165, 1.54) is 0 Å². The van der Waals surface area contributed by atoms with Gasteiger partial charge >= 0.3 is 6.03 Å². The van der Waals surface area contributed by atoms with Crippen molar-refractivity contribution in [3.05, 3.63) is 23.8 Å². The van der Waals surface area contributed by atoms with Crippen molar-refractivity contribution in [1.29, 1.82) is 0 Å². The Morgan fingerprint density at radius 3 is 2.58 bits per heavy atom. The van der Waals surface area contributed by atoms with E-state index in [4.69, 9.17) is 10.5 Å². The maximum absolute atomic E-state index is 12.0. The third-order valence-electron chi connectivity index (χ3n) is 2.75. The number of ether oxygens (including phenoxy) is 1. The Labute approximate surface area is 148 Å². The van der Waals surface area contributed by atoms with Crippen LogP contribution in [0.4, 0.5) is 10.5 Å². The van der Waals surface area contributed by atoms with Crippen LogP contribution in [0.1, 0.15) is 25.8 Å². The molecule has 0 bridgehead atoms. The lowest BCUT2D eigenvalue weighted by Crippen LogP contribution is -2.41. The molecule has 0 aliphatic carbocycles. The van der Waals surface area contributed by atoms with Gasteiger partial charge in [-0.25, -0.2) is 13.2 Å². The molecular formula is C15H25N3O4S2.